The van der Waals surface area contributed by atoms with Crippen molar-refractivity contribution in [3.05, 3.63) is 82.9 Å². The van der Waals surface area contributed by atoms with Gasteiger partial charge in [0, 0.05) is 54.1 Å². The van der Waals surface area contributed by atoms with Crippen LogP contribution in [0.5, 0.6) is 0 Å². The number of aromatic nitrogens is 5. The molecule has 4 aromatic heterocycles. The molecule has 1 saturated heterocycles. The van der Waals surface area contributed by atoms with Crippen molar-refractivity contribution in [3.63, 3.8) is 0 Å². The molecule has 14 heteroatoms. The van der Waals surface area contributed by atoms with E-state index in [2.05, 4.69) is 118 Å². The van der Waals surface area contributed by atoms with Crippen molar-refractivity contribution in [2.24, 2.45) is 0 Å². The van der Waals surface area contributed by atoms with Gasteiger partial charge in [-0.3, -0.25) is 4.90 Å². The number of hydrogen-bond donors (Lipinski definition) is 0. The summed E-state index contributed by atoms with van der Waals surface area (Å²) in [6, 6.07) is 9.35. The summed E-state index contributed by atoms with van der Waals surface area (Å²) in [5, 5.41) is 1.35. The van der Waals surface area contributed by atoms with Gasteiger partial charge in [-0.1, -0.05) is 80.0 Å². The fourth-order valence-corrected chi connectivity index (χ4v) is 18.1. The fraction of sp³-hybridized carbons (Fsp3) is 0.574. The van der Waals surface area contributed by atoms with Gasteiger partial charge in [0.15, 0.2) is 16.6 Å². The van der Waals surface area contributed by atoms with Crippen molar-refractivity contribution in [1.29, 1.82) is 0 Å². The lowest BCUT2D eigenvalue weighted by molar-refractivity contribution is 0.0576. The minimum atomic E-state index is -2.26. The molecule has 5 heterocycles. The topological polar surface area (TPSA) is 90.0 Å². The Bertz CT molecular complexity index is 2390. The number of carbonyl (C=O) groups is 1. The number of amides is 1. The van der Waals surface area contributed by atoms with E-state index in [-0.39, 0.29) is 23.7 Å². The molecule has 0 N–H and O–H groups in total. The second-order valence-electron chi connectivity index (χ2n) is 21.0. The van der Waals surface area contributed by atoms with E-state index in [0.717, 1.165) is 28.7 Å². The quantitative estimate of drug-likeness (QED) is 0.115. The van der Waals surface area contributed by atoms with E-state index in [1.165, 1.54) is 29.6 Å². The Kier molecular flexibility index (Phi) is 12.2. The summed E-state index contributed by atoms with van der Waals surface area (Å²) in [6.07, 6.45) is 10.3. The normalized spacial score (nSPS) is 18.1. The highest BCUT2D eigenvalue weighted by molar-refractivity contribution is 6.82. The molecule has 2 aliphatic rings. The van der Waals surface area contributed by atoms with Gasteiger partial charge in [-0.05, 0) is 98.0 Å². The third-order valence-corrected chi connectivity index (χ3v) is 25.3. The molecule has 0 unspecified atom stereocenters. The monoisotopic (exact) mass is 887 g/mol. The number of imidazole rings is 1. The molecule has 61 heavy (non-hydrogen) atoms. The fourth-order valence-electron chi connectivity index (χ4n) is 9.75. The molecule has 0 radical (unpaired) electrons. The SMILES string of the molecule is CC(C)[Si](C(C)C)(C(C)C)n1cc(Cl)c2cc(CN(C(=O)OC(C)(C)C)c3cc(N4C[C@@H](O[Si](C)(C)C(C)(C)C)C[C@@H]4c4cn5cc(C6CC6)ccc5n4)ncn3)c(F)cc21. The minimum Gasteiger partial charge on any atom is -0.443 e. The summed E-state index contributed by atoms with van der Waals surface area (Å²) < 4.78 is 34.2. The number of hydrogen-bond acceptors (Lipinski definition) is 7. The number of benzene rings is 1. The number of anilines is 2. The molecule has 1 aromatic carbocycles. The summed E-state index contributed by atoms with van der Waals surface area (Å²) in [6.45, 7) is 30.9. The zero-order chi connectivity index (χ0) is 44.6. The molecule has 1 amide bonds. The molecular formula is C47H67ClFN7O3Si2. The first-order valence-electron chi connectivity index (χ1n) is 22.2. The molecule has 5 aromatic rings. The molecule has 0 spiro atoms. The van der Waals surface area contributed by atoms with Crippen LogP contribution in [0.15, 0.2) is 55.2 Å². The van der Waals surface area contributed by atoms with Gasteiger partial charge in [-0.25, -0.2) is 24.1 Å². The van der Waals surface area contributed by atoms with Crippen molar-refractivity contribution < 1.29 is 18.3 Å². The van der Waals surface area contributed by atoms with Crippen LogP contribution in [0.4, 0.5) is 20.8 Å². The van der Waals surface area contributed by atoms with Crippen LogP contribution in [0.1, 0.15) is 131 Å². The standard InChI is InChI=1S/C47H67ClFN7O3Si2/c1-29(2)61(30(3)4,31(5)6)56-26-37(48)36-19-34(38(49)21-40(36)56)24-55(45(57)58-46(7,8)9)44-22-43(50-28-51-44)54-25-35(59-60(13,14)47(10,11)12)20-41(54)39-27-53-23-33(32-15-16-32)17-18-42(53)52-39/h17-19,21-23,26-32,35,41H,15-16,20,24-25H2,1-14H3/t35-,41+/m0/s1. The molecule has 1 saturated carbocycles. The molecule has 0 bridgehead atoms. The molecule has 1 aliphatic carbocycles. The number of rotatable bonds is 12. The minimum absolute atomic E-state index is 0.0295. The molecule has 2 atom stereocenters. The number of ether oxygens (including phenoxy) is 1. The van der Waals surface area contributed by atoms with E-state index >= 15 is 4.39 Å². The van der Waals surface area contributed by atoms with Crippen molar-refractivity contribution >= 4 is 62.4 Å². The van der Waals surface area contributed by atoms with E-state index < -0.39 is 34.1 Å². The van der Waals surface area contributed by atoms with Crippen LogP contribution in [0.3, 0.4) is 0 Å². The number of pyridine rings is 1. The van der Waals surface area contributed by atoms with Gasteiger partial charge in [0.2, 0.25) is 0 Å². The maximum atomic E-state index is 16.7. The molecule has 10 nitrogen and oxygen atoms in total. The lowest BCUT2D eigenvalue weighted by atomic mass is 10.1. The number of fused-ring (bicyclic) bond motifs is 2. The van der Waals surface area contributed by atoms with Gasteiger partial charge in [0.05, 0.1) is 29.4 Å². The zero-order valence-corrected chi connectivity index (χ0v) is 41.6. The van der Waals surface area contributed by atoms with Gasteiger partial charge in [-0.15, -0.1) is 0 Å². The Hall–Kier alpha value is -3.79. The van der Waals surface area contributed by atoms with E-state index in [0.29, 0.717) is 51.3 Å². The van der Waals surface area contributed by atoms with E-state index in [4.69, 9.17) is 30.7 Å². The van der Waals surface area contributed by atoms with Crippen LogP contribution in [0.2, 0.25) is 39.8 Å². The lowest BCUT2D eigenvalue weighted by Gasteiger charge is -2.44. The smallest absolute Gasteiger partial charge is 0.416 e. The van der Waals surface area contributed by atoms with Gasteiger partial charge in [0.25, 0.3) is 0 Å². The second-order valence-corrected chi connectivity index (χ2v) is 31.9. The zero-order valence-electron chi connectivity index (χ0n) is 38.8. The summed E-state index contributed by atoms with van der Waals surface area (Å²) in [7, 11) is -4.40. The van der Waals surface area contributed by atoms with Gasteiger partial charge in [0.1, 0.15) is 35.0 Å². The summed E-state index contributed by atoms with van der Waals surface area (Å²) in [5.74, 6) is 1.12. The predicted molar refractivity (Wildman–Crippen MR) is 252 cm³/mol. The van der Waals surface area contributed by atoms with E-state index in [9.17, 15) is 4.79 Å². The van der Waals surface area contributed by atoms with E-state index in [1.807, 2.05) is 27.0 Å². The molecular weight excluding hydrogens is 821 g/mol. The van der Waals surface area contributed by atoms with E-state index in [1.54, 1.807) is 18.2 Å². The third kappa shape index (κ3) is 8.78. The summed E-state index contributed by atoms with van der Waals surface area (Å²) in [5.41, 5.74) is 4.59. The predicted octanol–water partition coefficient (Wildman–Crippen LogP) is 13.1. The Morgan fingerprint density at radius 1 is 0.951 bits per heavy atom. The average Bonchev–Trinajstić information content (AvgIpc) is 3.66. The van der Waals surface area contributed by atoms with Crippen LogP contribution >= 0.6 is 11.6 Å². The second kappa shape index (κ2) is 16.4. The Labute approximate surface area is 369 Å². The maximum Gasteiger partial charge on any atom is 0.416 e. The number of carbonyl (C=O) groups excluding carboxylic acids is 1. The molecule has 330 valence electrons. The summed E-state index contributed by atoms with van der Waals surface area (Å²) >= 11 is 7.04. The van der Waals surface area contributed by atoms with Gasteiger partial charge >= 0.3 is 6.09 Å². The molecule has 1 aliphatic heterocycles. The van der Waals surface area contributed by atoms with Crippen LogP contribution in [0, 0.1) is 5.82 Å². The van der Waals surface area contributed by atoms with Crippen molar-refractivity contribution in [2.75, 3.05) is 16.3 Å². The van der Waals surface area contributed by atoms with Crippen LogP contribution in [-0.2, 0) is 15.7 Å². The largest absolute Gasteiger partial charge is 0.443 e. The number of halogens is 2. The van der Waals surface area contributed by atoms with Crippen molar-refractivity contribution in [3.8, 4) is 0 Å². The summed E-state index contributed by atoms with van der Waals surface area (Å²) in [4.78, 5) is 32.4. The van der Waals surface area contributed by atoms with Gasteiger partial charge in [-0.2, -0.15) is 0 Å². The highest BCUT2D eigenvalue weighted by Gasteiger charge is 2.47. The number of nitrogens with zero attached hydrogens (tertiary/aromatic N) is 7. The van der Waals surface area contributed by atoms with Crippen LogP contribution in [-0.4, -0.2) is 64.5 Å². The first-order valence-corrected chi connectivity index (χ1v) is 27.6. The highest BCUT2D eigenvalue weighted by atomic mass is 35.5. The lowest BCUT2D eigenvalue weighted by Crippen LogP contribution is -2.51. The first kappa shape index (κ1) is 45.2. The van der Waals surface area contributed by atoms with Gasteiger partial charge < -0.3 is 22.7 Å². The Morgan fingerprint density at radius 2 is 1.62 bits per heavy atom. The highest BCUT2D eigenvalue weighted by Crippen LogP contribution is 2.47. The van der Waals surface area contributed by atoms with Crippen molar-refractivity contribution in [1.82, 2.24) is 23.6 Å². The Morgan fingerprint density at radius 3 is 2.23 bits per heavy atom. The molecule has 2 fully saturated rings. The van der Waals surface area contributed by atoms with Crippen LogP contribution < -0.4 is 9.80 Å². The van der Waals surface area contributed by atoms with Crippen LogP contribution in [0.25, 0.3) is 16.6 Å². The average molecular weight is 889 g/mol. The maximum absolute atomic E-state index is 16.7. The third-order valence-electron chi connectivity index (χ3n) is 13.7. The first-order chi connectivity index (χ1) is 28.4. The van der Waals surface area contributed by atoms with Crippen molar-refractivity contribution in [2.45, 2.75) is 167 Å². The molecule has 7 rings (SSSR count). The Balaban J connectivity index is 1.28.